The van der Waals surface area contributed by atoms with Gasteiger partial charge < -0.3 is 39.2 Å². The number of amides is 4. The molecule has 0 radical (unpaired) electrons. The average Bonchev–Trinajstić information content (AvgIpc) is 3.88. The van der Waals surface area contributed by atoms with Crippen molar-refractivity contribution in [2.45, 2.75) is 117 Å². The number of hydrogen-bond donors (Lipinski definition) is 3. The molecule has 2 saturated heterocycles. The number of carbonyl (C=O) groups is 4. The Labute approximate surface area is 386 Å². The van der Waals surface area contributed by atoms with Crippen LogP contribution in [0.15, 0.2) is 41.9 Å². The first-order chi connectivity index (χ1) is 30.9. The summed E-state index contributed by atoms with van der Waals surface area (Å²) >= 11 is 1.38. The standard InChI is InChI=1S/C48H67N9O7S/c1-11-56-38-16-15-31-24-34(38)35(42(56)33-14-12-20-49-40(33)30(4)63-10)26-47(5,6)28-64-45(60)48(62)19-13-21-57(52-48)44(59)36(25-39-50-37(31)27-65-39)51-43(58)41(29(2)3)54(9)46(61)55-22-17-32(18-23-55)53(7)8/h12,14-16,20,24,27,29-30,32,36,41,52,62H,11,13,17-19,21-23,25-26,28H2,1-10H3,(H,51,58)/t30-,36-,41-,48-/m0/s1. The number of urea groups is 1. The lowest BCUT2D eigenvalue weighted by molar-refractivity contribution is -0.189. The van der Waals surface area contributed by atoms with E-state index in [1.807, 2.05) is 60.2 Å². The average molecular weight is 914 g/mol. The number of esters is 1. The van der Waals surface area contributed by atoms with Gasteiger partial charge in [-0.15, -0.1) is 11.3 Å². The van der Waals surface area contributed by atoms with Gasteiger partial charge in [-0.3, -0.25) is 19.6 Å². The van der Waals surface area contributed by atoms with Gasteiger partial charge in [0.2, 0.25) is 11.6 Å². The van der Waals surface area contributed by atoms with Gasteiger partial charge in [0, 0.05) is 98.2 Å². The maximum Gasteiger partial charge on any atom is 0.355 e. The van der Waals surface area contributed by atoms with Crippen molar-refractivity contribution in [3.8, 4) is 22.5 Å². The van der Waals surface area contributed by atoms with E-state index in [0.717, 1.165) is 57.5 Å². The molecule has 352 valence electrons. The van der Waals surface area contributed by atoms with Crippen molar-refractivity contribution < 1.29 is 33.8 Å². The maximum absolute atomic E-state index is 14.6. The molecule has 3 aliphatic heterocycles. The number of aromatic nitrogens is 3. The number of hydrazine groups is 1. The van der Waals surface area contributed by atoms with E-state index in [9.17, 15) is 24.3 Å². The van der Waals surface area contributed by atoms with E-state index >= 15 is 0 Å². The minimum absolute atomic E-state index is 0.00933. The molecule has 0 saturated carbocycles. The number of likely N-dealkylation sites (tertiary alicyclic amines) is 1. The van der Waals surface area contributed by atoms with Gasteiger partial charge in [0.1, 0.15) is 12.1 Å². The molecule has 2 fully saturated rings. The van der Waals surface area contributed by atoms with E-state index in [2.05, 4.69) is 51.4 Å². The Morgan fingerprint density at radius 3 is 2.52 bits per heavy atom. The van der Waals surface area contributed by atoms with E-state index in [0.29, 0.717) is 43.5 Å². The summed E-state index contributed by atoms with van der Waals surface area (Å²) in [6.07, 6.45) is 3.99. The number of benzene rings is 1. The fourth-order valence-corrected chi connectivity index (χ4v) is 10.6. The van der Waals surface area contributed by atoms with E-state index in [4.69, 9.17) is 19.4 Å². The lowest BCUT2D eigenvalue weighted by Crippen LogP contribution is -2.67. The largest absolute Gasteiger partial charge is 0.462 e. The van der Waals surface area contributed by atoms with Gasteiger partial charge in [-0.05, 0) is 89.4 Å². The van der Waals surface area contributed by atoms with Crippen molar-refractivity contribution in [2.24, 2.45) is 11.3 Å². The second-order valence-electron chi connectivity index (χ2n) is 19.3. The number of nitrogens with one attached hydrogen (secondary N) is 2. The molecule has 1 aromatic carbocycles. The molecular formula is C48H67N9O7S. The summed E-state index contributed by atoms with van der Waals surface area (Å²) in [5, 5.41) is 19.6. The number of aryl methyl sites for hydroxylation is 1. The lowest BCUT2D eigenvalue weighted by Gasteiger charge is -2.41. The Kier molecular flexibility index (Phi) is 14.4. The summed E-state index contributed by atoms with van der Waals surface area (Å²) in [6, 6.07) is 8.40. The van der Waals surface area contributed by atoms with E-state index < -0.39 is 41.0 Å². The van der Waals surface area contributed by atoms with Crippen LogP contribution in [0, 0.1) is 11.3 Å². The van der Waals surface area contributed by atoms with Crippen LogP contribution >= 0.6 is 11.3 Å². The Morgan fingerprint density at radius 2 is 1.85 bits per heavy atom. The number of aliphatic hydroxyl groups is 1. The molecule has 3 aromatic heterocycles. The normalized spacial score (nSPS) is 21.9. The smallest absolute Gasteiger partial charge is 0.355 e. The highest BCUT2D eigenvalue weighted by Crippen LogP contribution is 2.42. The fraction of sp³-hybridized carbons (Fsp3) is 0.583. The number of hydrogen-bond acceptors (Lipinski definition) is 12. The highest BCUT2D eigenvalue weighted by Gasteiger charge is 2.46. The number of cyclic esters (lactones) is 1. The third kappa shape index (κ3) is 9.94. The molecule has 7 rings (SSSR count). The number of fused-ring (bicyclic) bond motifs is 6. The molecule has 4 aromatic rings. The van der Waals surface area contributed by atoms with Crippen molar-refractivity contribution in [3.05, 3.63) is 58.2 Å². The molecule has 0 spiro atoms. The molecule has 0 unspecified atom stereocenters. The van der Waals surface area contributed by atoms with E-state index in [1.165, 1.54) is 21.2 Å². The predicted molar refractivity (Wildman–Crippen MR) is 251 cm³/mol. The Morgan fingerprint density at radius 1 is 1.11 bits per heavy atom. The topological polar surface area (TPSA) is 175 Å². The van der Waals surface area contributed by atoms with Crippen LogP contribution in [0.1, 0.15) is 89.6 Å². The van der Waals surface area contributed by atoms with Crippen LogP contribution in [0.4, 0.5) is 4.79 Å². The number of ether oxygens (including phenoxy) is 2. The van der Waals surface area contributed by atoms with Crippen molar-refractivity contribution in [1.82, 2.24) is 45.0 Å². The molecule has 0 aliphatic carbocycles. The van der Waals surface area contributed by atoms with Crippen molar-refractivity contribution in [1.29, 1.82) is 0 Å². The van der Waals surface area contributed by atoms with Crippen LogP contribution in [-0.2, 0) is 43.2 Å². The summed E-state index contributed by atoms with van der Waals surface area (Å²) in [4.78, 5) is 72.3. The summed E-state index contributed by atoms with van der Waals surface area (Å²) in [6.45, 7) is 13.9. The summed E-state index contributed by atoms with van der Waals surface area (Å²) in [7, 11) is 7.40. The van der Waals surface area contributed by atoms with Crippen LogP contribution in [0.2, 0.25) is 0 Å². The lowest BCUT2D eigenvalue weighted by atomic mass is 9.84. The zero-order valence-corrected chi connectivity index (χ0v) is 40.5. The quantitative estimate of drug-likeness (QED) is 0.178. The number of carbonyl (C=O) groups excluding carboxylic acids is 4. The third-order valence-corrected chi connectivity index (χ3v) is 14.2. The first-order valence-corrected chi connectivity index (χ1v) is 23.8. The van der Waals surface area contributed by atoms with Crippen LogP contribution < -0.4 is 10.7 Å². The van der Waals surface area contributed by atoms with Gasteiger partial charge in [0.25, 0.3) is 5.91 Å². The zero-order valence-electron chi connectivity index (χ0n) is 39.6. The van der Waals surface area contributed by atoms with Crippen molar-refractivity contribution in [3.63, 3.8) is 0 Å². The summed E-state index contributed by atoms with van der Waals surface area (Å²) in [5.74, 6) is -2.24. The van der Waals surface area contributed by atoms with Gasteiger partial charge >= 0.3 is 12.0 Å². The number of rotatable bonds is 9. The molecule has 65 heavy (non-hydrogen) atoms. The van der Waals surface area contributed by atoms with Crippen molar-refractivity contribution in [2.75, 3.05) is 54.5 Å². The second-order valence-corrected chi connectivity index (χ2v) is 20.2. The van der Waals surface area contributed by atoms with E-state index in [1.54, 1.807) is 25.3 Å². The fourth-order valence-electron chi connectivity index (χ4n) is 9.70. The van der Waals surface area contributed by atoms with Gasteiger partial charge in [-0.25, -0.2) is 14.6 Å². The third-order valence-electron chi connectivity index (χ3n) is 13.3. The monoisotopic (exact) mass is 913 g/mol. The molecule has 17 heteroatoms. The van der Waals surface area contributed by atoms with Gasteiger partial charge in [-0.2, -0.15) is 5.43 Å². The molecule has 6 bridgehead atoms. The highest BCUT2D eigenvalue weighted by atomic mass is 32.1. The molecular weight excluding hydrogens is 847 g/mol. The number of likely N-dealkylation sites (N-methyl/N-ethyl adjacent to an activating group) is 1. The van der Waals surface area contributed by atoms with E-state index in [-0.39, 0.29) is 44.0 Å². The molecule has 16 nitrogen and oxygen atoms in total. The van der Waals surface area contributed by atoms with Gasteiger partial charge in [-0.1, -0.05) is 33.8 Å². The zero-order chi connectivity index (χ0) is 47.0. The van der Waals surface area contributed by atoms with Gasteiger partial charge in [0.05, 0.1) is 34.8 Å². The van der Waals surface area contributed by atoms with Crippen LogP contribution in [0.5, 0.6) is 0 Å². The van der Waals surface area contributed by atoms with Crippen molar-refractivity contribution >= 4 is 46.1 Å². The number of thiazole rings is 1. The number of nitrogens with zero attached hydrogens (tertiary/aromatic N) is 7. The number of piperidine rings is 1. The Balaban J connectivity index is 1.28. The van der Waals surface area contributed by atoms with Crippen LogP contribution in [0.3, 0.4) is 0 Å². The maximum atomic E-state index is 14.6. The molecule has 4 amide bonds. The number of pyridine rings is 1. The molecule has 6 heterocycles. The minimum Gasteiger partial charge on any atom is -0.462 e. The minimum atomic E-state index is -2.20. The second kappa shape index (κ2) is 19.5. The number of methoxy groups -OCH3 is 1. The first kappa shape index (κ1) is 48.0. The summed E-state index contributed by atoms with van der Waals surface area (Å²) < 4.78 is 14.1. The predicted octanol–water partition coefficient (Wildman–Crippen LogP) is 5.62. The molecule has 4 atom stereocenters. The SMILES string of the molecule is CCn1c(-c2cccnc2[C@H](C)OC)c2c3cc(ccc31)-c1csc(n1)C[C@H](NC(=O)[C@H](C(C)C)N(C)C(=O)N1CCC(N(C)C)CC1)C(=O)N1CCC[C@@](O)(N1)C(=O)OCC(C)(C)C2. The summed E-state index contributed by atoms with van der Waals surface area (Å²) in [5.41, 5.74) is 6.40. The first-order valence-electron chi connectivity index (χ1n) is 22.9. The Bertz CT molecular complexity index is 2390. The van der Waals surface area contributed by atoms with Gasteiger partial charge in [0.15, 0.2) is 0 Å². The van der Waals surface area contributed by atoms with Crippen LogP contribution in [-0.4, -0.2) is 142 Å². The highest BCUT2D eigenvalue weighted by molar-refractivity contribution is 7.10. The van der Waals surface area contributed by atoms with Crippen LogP contribution in [0.25, 0.3) is 33.4 Å². The molecule has 3 aliphatic rings. The Hall–Kier alpha value is -4.94. The molecule has 3 N–H and O–H groups in total.